The minimum Gasteiger partial charge on any atom is -0.482 e. The van der Waals surface area contributed by atoms with Crippen molar-refractivity contribution >= 4 is 17.2 Å². The molecule has 1 aliphatic rings. The molecule has 6 nitrogen and oxygen atoms in total. The zero-order valence-electron chi connectivity index (χ0n) is 13.9. The second-order valence-corrected chi connectivity index (χ2v) is 6.91. The number of carbonyl (C=O) groups excluding carboxylic acids is 1. The summed E-state index contributed by atoms with van der Waals surface area (Å²) in [7, 11) is 0. The van der Waals surface area contributed by atoms with Gasteiger partial charge in [-0.25, -0.2) is 4.98 Å². The van der Waals surface area contributed by atoms with Gasteiger partial charge in [-0.05, 0) is 25.5 Å². The first-order valence-electron chi connectivity index (χ1n) is 8.14. The summed E-state index contributed by atoms with van der Waals surface area (Å²) < 4.78 is 5.51. The van der Waals surface area contributed by atoms with Crippen LogP contribution < -0.4 is 4.74 Å². The van der Waals surface area contributed by atoms with Crippen molar-refractivity contribution in [2.75, 3.05) is 32.8 Å². The van der Waals surface area contributed by atoms with Crippen molar-refractivity contribution in [2.24, 2.45) is 0 Å². The third kappa shape index (κ3) is 4.75. The van der Waals surface area contributed by atoms with Crippen LogP contribution in [0.2, 0.25) is 0 Å². The van der Waals surface area contributed by atoms with Gasteiger partial charge in [-0.3, -0.25) is 14.7 Å². The molecular formula is C17H22N4O2S. The molecule has 7 heteroatoms. The van der Waals surface area contributed by atoms with Crippen molar-refractivity contribution < 1.29 is 9.53 Å². The molecule has 24 heavy (non-hydrogen) atoms. The zero-order valence-corrected chi connectivity index (χ0v) is 14.7. The van der Waals surface area contributed by atoms with E-state index in [0.29, 0.717) is 5.75 Å². The Labute approximate surface area is 146 Å². The highest BCUT2D eigenvalue weighted by Gasteiger charge is 2.20. The Kier molecular flexibility index (Phi) is 5.77. The second-order valence-electron chi connectivity index (χ2n) is 5.85. The van der Waals surface area contributed by atoms with Crippen molar-refractivity contribution in [3.8, 4) is 5.75 Å². The van der Waals surface area contributed by atoms with E-state index in [1.807, 2.05) is 11.8 Å². The minimum absolute atomic E-state index is 0.0326. The Morgan fingerprint density at radius 2 is 2.25 bits per heavy atom. The molecule has 0 aliphatic carbocycles. The van der Waals surface area contributed by atoms with Crippen LogP contribution in [0.25, 0.3) is 0 Å². The first kappa shape index (κ1) is 16.9. The molecule has 0 saturated carbocycles. The fourth-order valence-electron chi connectivity index (χ4n) is 2.76. The SMILES string of the molecule is Cc1nc(CN2CCCN(C(=O)COc3cccnc3)CC2)cs1. The molecule has 2 aromatic heterocycles. The average molecular weight is 346 g/mol. The molecule has 0 N–H and O–H groups in total. The predicted molar refractivity (Wildman–Crippen MR) is 93.1 cm³/mol. The summed E-state index contributed by atoms with van der Waals surface area (Å²) in [6.07, 6.45) is 4.27. The van der Waals surface area contributed by atoms with Crippen LogP contribution in [-0.2, 0) is 11.3 Å². The monoisotopic (exact) mass is 346 g/mol. The zero-order chi connectivity index (χ0) is 16.8. The number of hydrogen-bond donors (Lipinski definition) is 0. The molecule has 0 atom stereocenters. The summed E-state index contributed by atoms with van der Waals surface area (Å²) in [5.74, 6) is 0.659. The standard InChI is InChI=1S/C17H22N4O2S/c1-14-19-15(13-24-14)11-20-6-3-7-21(9-8-20)17(22)12-23-16-4-2-5-18-10-16/h2,4-5,10,13H,3,6-9,11-12H2,1H3. The normalized spacial score (nSPS) is 16.0. The lowest BCUT2D eigenvalue weighted by atomic mass is 10.3. The van der Waals surface area contributed by atoms with Crippen LogP contribution >= 0.6 is 11.3 Å². The van der Waals surface area contributed by atoms with E-state index in [4.69, 9.17) is 4.74 Å². The van der Waals surface area contributed by atoms with Gasteiger partial charge in [0.25, 0.3) is 5.91 Å². The number of thiazole rings is 1. The molecule has 1 amide bonds. The van der Waals surface area contributed by atoms with Crippen molar-refractivity contribution in [3.63, 3.8) is 0 Å². The van der Waals surface area contributed by atoms with Crippen LogP contribution in [0.15, 0.2) is 29.9 Å². The molecule has 0 unspecified atom stereocenters. The lowest BCUT2D eigenvalue weighted by Gasteiger charge is -2.21. The smallest absolute Gasteiger partial charge is 0.260 e. The summed E-state index contributed by atoms with van der Waals surface area (Å²) in [5, 5.41) is 3.22. The minimum atomic E-state index is 0.0326. The third-order valence-electron chi connectivity index (χ3n) is 3.99. The van der Waals surface area contributed by atoms with E-state index in [1.165, 1.54) is 0 Å². The van der Waals surface area contributed by atoms with Crippen molar-refractivity contribution in [1.29, 1.82) is 0 Å². The van der Waals surface area contributed by atoms with Gasteiger partial charge in [0.15, 0.2) is 6.61 Å². The summed E-state index contributed by atoms with van der Waals surface area (Å²) in [6.45, 7) is 6.33. The fraction of sp³-hybridized carbons (Fsp3) is 0.471. The van der Waals surface area contributed by atoms with Gasteiger partial charge < -0.3 is 9.64 Å². The maximum absolute atomic E-state index is 12.3. The van der Waals surface area contributed by atoms with Crippen molar-refractivity contribution in [1.82, 2.24) is 19.8 Å². The average Bonchev–Trinajstić information content (AvgIpc) is 2.86. The van der Waals surface area contributed by atoms with Gasteiger partial charge in [0.2, 0.25) is 0 Å². The van der Waals surface area contributed by atoms with Gasteiger partial charge in [0.1, 0.15) is 5.75 Å². The first-order valence-corrected chi connectivity index (χ1v) is 9.02. The molecule has 0 radical (unpaired) electrons. The molecule has 128 valence electrons. The maximum Gasteiger partial charge on any atom is 0.260 e. The summed E-state index contributed by atoms with van der Waals surface area (Å²) in [4.78, 5) is 25.1. The third-order valence-corrected chi connectivity index (χ3v) is 4.81. The number of rotatable bonds is 5. The highest BCUT2D eigenvalue weighted by atomic mass is 32.1. The lowest BCUT2D eigenvalue weighted by molar-refractivity contribution is -0.133. The summed E-state index contributed by atoms with van der Waals surface area (Å²) in [6, 6.07) is 3.60. The Bertz CT molecular complexity index is 662. The van der Waals surface area contributed by atoms with Gasteiger partial charge in [-0.2, -0.15) is 0 Å². The molecule has 1 aliphatic heterocycles. The molecular weight excluding hydrogens is 324 g/mol. The molecule has 3 rings (SSSR count). The van der Waals surface area contributed by atoms with Gasteiger partial charge >= 0.3 is 0 Å². The highest BCUT2D eigenvalue weighted by Crippen LogP contribution is 2.13. The number of hydrogen-bond acceptors (Lipinski definition) is 6. The number of carbonyl (C=O) groups is 1. The molecule has 0 spiro atoms. The topological polar surface area (TPSA) is 58.6 Å². The molecule has 1 saturated heterocycles. The van der Waals surface area contributed by atoms with Crippen LogP contribution in [0.5, 0.6) is 5.75 Å². The second kappa shape index (κ2) is 8.21. The van der Waals surface area contributed by atoms with E-state index >= 15 is 0 Å². The number of nitrogens with zero attached hydrogens (tertiary/aromatic N) is 4. The van der Waals surface area contributed by atoms with Gasteiger partial charge in [-0.15, -0.1) is 11.3 Å². The van der Waals surface area contributed by atoms with E-state index in [1.54, 1.807) is 35.9 Å². The van der Waals surface area contributed by atoms with Crippen LogP contribution in [0, 0.1) is 6.92 Å². The molecule has 2 aromatic rings. The van der Waals surface area contributed by atoms with E-state index < -0.39 is 0 Å². The summed E-state index contributed by atoms with van der Waals surface area (Å²) in [5.41, 5.74) is 1.12. The number of amides is 1. The van der Waals surface area contributed by atoms with Crippen LogP contribution in [0.3, 0.4) is 0 Å². The van der Waals surface area contributed by atoms with Crippen LogP contribution in [-0.4, -0.2) is 58.5 Å². The van der Waals surface area contributed by atoms with Crippen LogP contribution in [0.1, 0.15) is 17.1 Å². The predicted octanol–water partition coefficient (Wildman–Crippen LogP) is 1.96. The largest absolute Gasteiger partial charge is 0.482 e. The van der Waals surface area contributed by atoms with Crippen molar-refractivity contribution in [2.45, 2.75) is 19.9 Å². The molecule has 0 bridgehead atoms. The Balaban J connectivity index is 1.46. The van der Waals surface area contributed by atoms with Gasteiger partial charge in [0.05, 0.1) is 16.9 Å². The Morgan fingerprint density at radius 1 is 1.33 bits per heavy atom. The van der Waals surface area contributed by atoms with E-state index in [9.17, 15) is 4.79 Å². The van der Waals surface area contributed by atoms with Gasteiger partial charge in [-0.1, -0.05) is 0 Å². The van der Waals surface area contributed by atoms with Crippen LogP contribution in [0.4, 0.5) is 0 Å². The van der Waals surface area contributed by atoms with E-state index in [2.05, 4.69) is 20.2 Å². The molecule has 0 aromatic carbocycles. The highest BCUT2D eigenvalue weighted by molar-refractivity contribution is 7.09. The first-order chi connectivity index (χ1) is 11.7. The van der Waals surface area contributed by atoms with E-state index in [-0.39, 0.29) is 12.5 Å². The number of aryl methyl sites for hydroxylation is 1. The quantitative estimate of drug-likeness (QED) is 0.828. The Morgan fingerprint density at radius 3 is 3.00 bits per heavy atom. The number of ether oxygens (including phenoxy) is 1. The lowest BCUT2D eigenvalue weighted by Crippen LogP contribution is -2.38. The maximum atomic E-state index is 12.3. The van der Waals surface area contributed by atoms with Crippen molar-refractivity contribution in [3.05, 3.63) is 40.6 Å². The number of pyridine rings is 1. The van der Waals surface area contributed by atoms with E-state index in [0.717, 1.165) is 49.8 Å². The Hall–Kier alpha value is -1.99. The fourth-order valence-corrected chi connectivity index (χ4v) is 3.36. The number of aromatic nitrogens is 2. The summed E-state index contributed by atoms with van der Waals surface area (Å²) >= 11 is 1.68. The van der Waals surface area contributed by atoms with Gasteiger partial charge in [0, 0.05) is 44.3 Å². The molecule has 3 heterocycles. The molecule has 1 fully saturated rings.